The molecule has 6 rings (SSSR count). The number of aromatic amines is 1. The topological polar surface area (TPSA) is 92.2 Å². The van der Waals surface area contributed by atoms with Crippen molar-refractivity contribution in [2.24, 2.45) is 0 Å². The second-order valence-electron chi connectivity index (χ2n) is 11.0. The molecule has 2 aliphatic heterocycles. The van der Waals surface area contributed by atoms with E-state index in [0.717, 1.165) is 67.7 Å². The van der Waals surface area contributed by atoms with Crippen LogP contribution in [0.3, 0.4) is 0 Å². The third-order valence-electron chi connectivity index (χ3n) is 8.57. The summed E-state index contributed by atoms with van der Waals surface area (Å²) in [5.74, 6) is 0.695. The van der Waals surface area contributed by atoms with E-state index in [4.69, 9.17) is 4.74 Å². The minimum Gasteiger partial charge on any atom is -0.376 e. The Morgan fingerprint density at radius 2 is 1.82 bits per heavy atom. The average molecular weight is 528 g/mol. The first kappa shape index (κ1) is 25.7. The molecule has 0 radical (unpaired) electrons. The molecule has 9 heteroatoms. The van der Waals surface area contributed by atoms with Gasteiger partial charge in [-0.3, -0.25) is 9.69 Å². The Balaban J connectivity index is 1.39. The number of anilines is 1. The van der Waals surface area contributed by atoms with E-state index < -0.39 is 0 Å². The molecular weight excluding hydrogens is 490 g/mol. The quantitative estimate of drug-likeness (QED) is 0.407. The maximum atomic E-state index is 13.7. The highest BCUT2D eigenvalue weighted by Gasteiger charge is 2.34. The van der Waals surface area contributed by atoms with Crippen LogP contribution >= 0.6 is 0 Å². The molecule has 2 aromatic carbocycles. The average Bonchev–Trinajstić information content (AvgIpc) is 3.62. The number of H-pyrrole nitrogens is 1. The van der Waals surface area contributed by atoms with Crippen LogP contribution in [0.5, 0.6) is 0 Å². The van der Waals surface area contributed by atoms with Crippen molar-refractivity contribution in [2.45, 2.75) is 59.2 Å². The molecule has 2 aromatic heterocycles. The monoisotopic (exact) mass is 527 g/mol. The Kier molecular flexibility index (Phi) is 6.95. The summed E-state index contributed by atoms with van der Waals surface area (Å²) in [4.78, 5) is 21.7. The second kappa shape index (κ2) is 10.5. The number of nitrogens with one attached hydrogen (secondary N) is 1. The van der Waals surface area contributed by atoms with E-state index in [0.29, 0.717) is 17.9 Å². The highest BCUT2D eigenvalue weighted by molar-refractivity contribution is 5.85. The van der Waals surface area contributed by atoms with Crippen molar-refractivity contribution >= 4 is 16.6 Å². The summed E-state index contributed by atoms with van der Waals surface area (Å²) in [5, 5.41) is 14.0. The van der Waals surface area contributed by atoms with Gasteiger partial charge in [0.15, 0.2) is 5.82 Å². The van der Waals surface area contributed by atoms with Gasteiger partial charge in [0, 0.05) is 49.4 Å². The van der Waals surface area contributed by atoms with Crippen LogP contribution in [0.25, 0.3) is 10.9 Å². The number of aryl methyl sites for hydroxylation is 3. The van der Waals surface area contributed by atoms with Crippen LogP contribution in [0, 0.1) is 27.7 Å². The van der Waals surface area contributed by atoms with Gasteiger partial charge in [0.1, 0.15) is 6.04 Å². The van der Waals surface area contributed by atoms with Crippen molar-refractivity contribution in [1.82, 2.24) is 30.1 Å². The third-order valence-corrected chi connectivity index (χ3v) is 8.57. The fraction of sp³-hybridized carbons (Fsp3) is 0.467. The van der Waals surface area contributed by atoms with Crippen molar-refractivity contribution in [3.63, 3.8) is 0 Å². The summed E-state index contributed by atoms with van der Waals surface area (Å²) in [7, 11) is 0. The van der Waals surface area contributed by atoms with Crippen LogP contribution in [0.4, 0.5) is 5.69 Å². The fourth-order valence-electron chi connectivity index (χ4n) is 6.11. The molecule has 0 bridgehead atoms. The Morgan fingerprint density at radius 1 is 1.03 bits per heavy atom. The summed E-state index contributed by atoms with van der Waals surface area (Å²) in [6.45, 7) is 13.1. The number of ether oxygens (including phenoxy) is 1. The molecule has 2 aliphatic rings. The highest BCUT2D eigenvalue weighted by Crippen LogP contribution is 2.31. The number of hydrogen-bond acceptors (Lipinski definition) is 7. The van der Waals surface area contributed by atoms with Gasteiger partial charge in [-0.25, -0.2) is 4.68 Å². The second-order valence-corrected chi connectivity index (χ2v) is 11.0. The highest BCUT2D eigenvalue weighted by atomic mass is 16.5. The van der Waals surface area contributed by atoms with Crippen molar-refractivity contribution in [3.8, 4) is 0 Å². The molecule has 39 heavy (non-hydrogen) atoms. The van der Waals surface area contributed by atoms with Gasteiger partial charge in [0.2, 0.25) is 0 Å². The zero-order valence-corrected chi connectivity index (χ0v) is 23.3. The molecule has 4 heterocycles. The van der Waals surface area contributed by atoms with E-state index in [2.05, 4.69) is 87.5 Å². The van der Waals surface area contributed by atoms with Gasteiger partial charge in [-0.1, -0.05) is 24.3 Å². The molecule has 2 saturated heterocycles. The lowest BCUT2D eigenvalue weighted by Gasteiger charge is -2.40. The number of tetrazole rings is 1. The third kappa shape index (κ3) is 4.85. The van der Waals surface area contributed by atoms with Gasteiger partial charge in [-0.05, 0) is 85.3 Å². The van der Waals surface area contributed by atoms with E-state index in [-0.39, 0.29) is 17.7 Å². The number of hydrogen-bond donors (Lipinski definition) is 1. The fourth-order valence-corrected chi connectivity index (χ4v) is 6.11. The van der Waals surface area contributed by atoms with Gasteiger partial charge in [-0.15, -0.1) is 5.10 Å². The molecule has 2 atom stereocenters. The number of piperazine rings is 1. The SMILES string of the molecule is Cc1cccc(N2CCN([C@@H](c3cc4c(C)ccc(C)c4[nH]c3=O)c3nnnn3C[C@@H]3CCCO3)CC2)c1C. The molecule has 4 aromatic rings. The van der Waals surface area contributed by atoms with Gasteiger partial charge < -0.3 is 14.6 Å². The molecule has 0 aliphatic carbocycles. The Hall–Kier alpha value is -3.56. The van der Waals surface area contributed by atoms with Crippen LogP contribution in [0.15, 0.2) is 41.2 Å². The lowest BCUT2D eigenvalue weighted by atomic mass is 9.99. The normalized spacial score (nSPS) is 19.2. The van der Waals surface area contributed by atoms with Gasteiger partial charge in [0.25, 0.3) is 5.56 Å². The molecule has 1 N–H and O–H groups in total. The Labute approximate surface area is 228 Å². The van der Waals surface area contributed by atoms with Gasteiger partial charge >= 0.3 is 0 Å². The van der Waals surface area contributed by atoms with Crippen LogP contribution in [-0.4, -0.2) is 69.0 Å². The Morgan fingerprint density at radius 3 is 2.59 bits per heavy atom. The lowest BCUT2D eigenvalue weighted by Crippen LogP contribution is -2.49. The number of rotatable bonds is 6. The number of nitrogens with zero attached hydrogens (tertiary/aromatic N) is 6. The first-order valence-corrected chi connectivity index (χ1v) is 14.0. The van der Waals surface area contributed by atoms with Gasteiger partial charge in [-0.2, -0.15) is 0 Å². The Bertz CT molecular complexity index is 1540. The number of pyridine rings is 1. The van der Waals surface area contributed by atoms with E-state index in [1.807, 2.05) is 11.6 Å². The molecule has 0 amide bonds. The number of fused-ring (bicyclic) bond motifs is 1. The van der Waals surface area contributed by atoms with Crippen LogP contribution in [0.1, 0.15) is 52.5 Å². The van der Waals surface area contributed by atoms with E-state index in [1.165, 1.54) is 16.8 Å². The number of aromatic nitrogens is 5. The maximum Gasteiger partial charge on any atom is 0.253 e. The standard InChI is InChI=1S/C30H37N7O2/c1-19-7-5-9-26(22(19)4)35-12-14-36(15-13-35)28(29-32-33-34-37(29)18-23-8-6-16-39-23)25-17-24-20(2)10-11-21(3)27(24)31-30(25)38/h5,7,9-11,17,23,28H,6,8,12-16,18H2,1-4H3,(H,31,38)/t23-,28-/m0/s1. The minimum absolute atomic E-state index is 0.0915. The van der Waals surface area contributed by atoms with Crippen LogP contribution in [-0.2, 0) is 11.3 Å². The zero-order chi connectivity index (χ0) is 27.1. The molecule has 204 valence electrons. The van der Waals surface area contributed by atoms with E-state index in [9.17, 15) is 4.79 Å². The molecule has 0 saturated carbocycles. The predicted molar refractivity (Wildman–Crippen MR) is 152 cm³/mol. The van der Waals surface area contributed by atoms with Crippen LogP contribution < -0.4 is 10.5 Å². The molecule has 9 nitrogen and oxygen atoms in total. The lowest BCUT2D eigenvalue weighted by molar-refractivity contribution is 0.0906. The zero-order valence-electron chi connectivity index (χ0n) is 23.3. The molecule has 0 spiro atoms. The van der Waals surface area contributed by atoms with Crippen molar-refractivity contribution in [2.75, 3.05) is 37.7 Å². The van der Waals surface area contributed by atoms with Gasteiger partial charge in [0.05, 0.1) is 18.2 Å². The van der Waals surface area contributed by atoms with Crippen LogP contribution in [0.2, 0.25) is 0 Å². The summed E-state index contributed by atoms with van der Waals surface area (Å²) < 4.78 is 7.75. The maximum absolute atomic E-state index is 13.7. The van der Waals surface area contributed by atoms with Crippen molar-refractivity contribution in [3.05, 3.63) is 80.4 Å². The molecule has 0 unspecified atom stereocenters. The molecular formula is C30H37N7O2. The smallest absolute Gasteiger partial charge is 0.253 e. The van der Waals surface area contributed by atoms with E-state index >= 15 is 0 Å². The number of benzene rings is 2. The van der Waals surface area contributed by atoms with Crippen molar-refractivity contribution < 1.29 is 4.74 Å². The molecule has 2 fully saturated rings. The largest absolute Gasteiger partial charge is 0.376 e. The summed E-state index contributed by atoms with van der Waals surface area (Å²) in [5.41, 5.74) is 7.57. The van der Waals surface area contributed by atoms with E-state index in [1.54, 1.807) is 0 Å². The summed E-state index contributed by atoms with van der Waals surface area (Å²) in [6.07, 6.45) is 2.14. The minimum atomic E-state index is -0.366. The summed E-state index contributed by atoms with van der Waals surface area (Å²) in [6, 6.07) is 12.4. The first-order valence-electron chi connectivity index (χ1n) is 14.0. The predicted octanol–water partition coefficient (Wildman–Crippen LogP) is 3.84. The van der Waals surface area contributed by atoms with Crippen molar-refractivity contribution in [1.29, 1.82) is 0 Å². The first-order chi connectivity index (χ1) is 18.9. The summed E-state index contributed by atoms with van der Waals surface area (Å²) >= 11 is 0.